The van der Waals surface area contributed by atoms with E-state index in [1.165, 1.54) is 0 Å². The molecule has 5 rings (SSSR count). The number of allylic oxidation sites excluding steroid dienone is 2. The van der Waals surface area contributed by atoms with Gasteiger partial charge >= 0.3 is 0 Å². The number of halogens is 8. The molecule has 0 aromatic heterocycles. The summed E-state index contributed by atoms with van der Waals surface area (Å²) in [5.41, 5.74) is -3.81. The van der Waals surface area contributed by atoms with Crippen LogP contribution in [0.25, 0.3) is 11.7 Å². The van der Waals surface area contributed by atoms with Gasteiger partial charge in [-0.2, -0.15) is 0 Å². The van der Waals surface area contributed by atoms with Crippen molar-refractivity contribution in [2.45, 2.75) is 11.8 Å². The second-order valence-electron chi connectivity index (χ2n) is 7.38. The summed E-state index contributed by atoms with van der Waals surface area (Å²) < 4.78 is 117. The van der Waals surface area contributed by atoms with Crippen LogP contribution in [0.15, 0.2) is 54.1 Å². The molecule has 2 aliphatic rings. The first kappa shape index (κ1) is 20.5. The van der Waals surface area contributed by atoms with Crippen molar-refractivity contribution in [3.63, 3.8) is 0 Å². The Morgan fingerprint density at radius 2 is 1.09 bits per heavy atom. The highest BCUT2D eigenvalue weighted by Crippen LogP contribution is 2.52. The number of benzene rings is 3. The zero-order valence-electron chi connectivity index (χ0n) is 15.7. The number of hydrogen-bond acceptors (Lipinski definition) is 0. The molecule has 2 aliphatic carbocycles. The predicted octanol–water partition coefficient (Wildman–Crippen LogP) is 7.55. The van der Waals surface area contributed by atoms with Crippen LogP contribution in [-0.4, -0.2) is 0 Å². The van der Waals surface area contributed by atoms with Gasteiger partial charge in [0.25, 0.3) is 0 Å². The minimum absolute atomic E-state index is 0.259. The molecule has 0 heterocycles. The molecule has 0 nitrogen and oxygen atoms in total. The maximum absolute atomic E-state index is 15.6. The normalized spacial score (nSPS) is 19.6. The summed E-state index contributed by atoms with van der Waals surface area (Å²) in [6, 6.07) is 8.99. The van der Waals surface area contributed by atoms with E-state index < -0.39 is 80.7 Å². The Morgan fingerprint density at radius 1 is 0.594 bits per heavy atom. The fourth-order valence-electron chi connectivity index (χ4n) is 4.38. The molecule has 0 spiro atoms. The van der Waals surface area contributed by atoms with Gasteiger partial charge in [-0.15, -0.1) is 0 Å². The molecule has 2 atom stereocenters. The van der Waals surface area contributed by atoms with Crippen molar-refractivity contribution < 1.29 is 35.1 Å². The van der Waals surface area contributed by atoms with Gasteiger partial charge in [-0.1, -0.05) is 24.3 Å². The van der Waals surface area contributed by atoms with Crippen LogP contribution in [-0.2, 0) is 0 Å². The summed E-state index contributed by atoms with van der Waals surface area (Å²) in [5.74, 6) is -15.2. The Morgan fingerprint density at radius 3 is 1.66 bits per heavy atom. The molecule has 0 aliphatic heterocycles. The minimum Gasteiger partial charge on any atom is -0.208 e. The van der Waals surface area contributed by atoms with Gasteiger partial charge in [0.2, 0.25) is 0 Å². The van der Waals surface area contributed by atoms with E-state index in [4.69, 9.17) is 0 Å². The SMILES string of the molecule is FC1=C(F)C(c2c[c]c(F)c(C3C(F)=C(F)c4c(F)cccc43)c2F)c2cccc(F)c21. The first-order chi connectivity index (χ1) is 15.2. The zero-order valence-corrected chi connectivity index (χ0v) is 15.7. The van der Waals surface area contributed by atoms with Crippen LogP contribution in [0.3, 0.4) is 0 Å². The molecule has 32 heavy (non-hydrogen) atoms. The summed E-state index contributed by atoms with van der Waals surface area (Å²) in [7, 11) is 0. The van der Waals surface area contributed by atoms with E-state index in [0.717, 1.165) is 36.4 Å². The Bertz CT molecular complexity index is 1370. The third kappa shape index (κ3) is 2.61. The fourth-order valence-corrected chi connectivity index (χ4v) is 4.38. The van der Waals surface area contributed by atoms with Gasteiger partial charge in [0.1, 0.15) is 34.9 Å². The summed E-state index contributed by atoms with van der Waals surface area (Å²) >= 11 is 0. The molecule has 0 N–H and O–H groups in total. The average Bonchev–Trinajstić information content (AvgIpc) is 3.16. The molecular formula is C24H9F8. The van der Waals surface area contributed by atoms with E-state index in [9.17, 15) is 30.7 Å². The first-order valence-electron chi connectivity index (χ1n) is 9.31. The summed E-state index contributed by atoms with van der Waals surface area (Å²) in [5, 5.41) is 0. The quantitative estimate of drug-likeness (QED) is 0.355. The van der Waals surface area contributed by atoms with Crippen molar-refractivity contribution in [1.82, 2.24) is 0 Å². The van der Waals surface area contributed by atoms with Crippen LogP contribution in [0.4, 0.5) is 35.1 Å². The van der Waals surface area contributed by atoms with E-state index in [1.54, 1.807) is 0 Å². The number of rotatable bonds is 2. The summed E-state index contributed by atoms with van der Waals surface area (Å²) in [6.07, 6.45) is 0. The lowest BCUT2D eigenvalue weighted by molar-refractivity contribution is 0.498. The molecule has 3 aromatic carbocycles. The van der Waals surface area contributed by atoms with Crippen molar-refractivity contribution in [3.8, 4) is 0 Å². The predicted molar refractivity (Wildman–Crippen MR) is 100.0 cm³/mol. The molecule has 2 unspecified atom stereocenters. The Labute approximate surface area is 176 Å². The minimum atomic E-state index is -2.00. The molecule has 0 fully saturated rings. The van der Waals surface area contributed by atoms with Gasteiger partial charge in [-0.05, 0) is 29.3 Å². The fraction of sp³-hybridized carbons (Fsp3) is 0.0833. The third-order valence-corrected chi connectivity index (χ3v) is 5.76. The topological polar surface area (TPSA) is 0 Å². The van der Waals surface area contributed by atoms with E-state index in [-0.39, 0.29) is 11.1 Å². The van der Waals surface area contributed by atoms with Crippen molar-refractivity contribution in [2.75, 3.05) is 0 Å². The molecule has 0 saturated heterocycles. The Balaban J connectivity index is 1.74. The maximum Gasteiger partial charge on any atom is 0.166 e. The smallest absolute Gasteiger partial charge is 0.166 e. The Hall–Kier alpha value is -3.42. The third-order valence-electron chi connectivity index (χ3n) is 5.76. The van der Waals surface area contributed by atoms with Crippen LogP contribution < -0.4 is 0 Å². The van der Waals surface area contributed by atoms with E-state index in [2.05, 4.69) is 0 Å². The van der Waals surface area contributed by atoms with E-state index >= 15 is 4.39 Å². The van der Waals surface area contributed by atoms with Crippen LogP contribution in [0.1, 0.15) is 45.2 Å². The molecule has 1 radical (unpaired) electrons. The molecule has 8 heteroatoms. The highest BCUT2D eigenvalue weighted by molar-refractivity contribution is 5.76. The van der Waals surface area contributed by atoms with Crippen molar-refractivity contribution >= 4 is 11.7 Å². The van der Waals surface area contributed by atoms with Gasteiger partial charge in [0.05, 0.1) is 23.0 Å². The van der Waals surface area contributed by atoms with Gasteiger partial charge in [-0.25, -0.2) is 35.1 Å². The van der Waals surface area contributed by atoms with Crippen LogP contribution >= 0.6 is 0 Å². The van der Waals surface area contributed by atoms with Crippen LogP contribution in [0, 0.1) is 29.3 Å². The average molecular weight is 449 g/mol. The van der Waals surface area contributed by atoms with Gasteiger partial charge < -0.3 is 0 Å². The van der Waals surface area contributed by atoms with E-state index in [1.807, 2.05) is 6.07 Å². The molecule has 161 valence electrons. The highest BCUT2D eigenvalue weighted by Gasteiger charge is 2.42. The molecule has 0 saturated carbocycles. The molecule has 0 bridgehead atoms. The lowest BCUT2D eigenvalue weighted by atomic mass is 9.85. The molecular weight excluding hydrogens is 440 g/mol. The Kier molecular flexibility index (Phi) is 4.51. The molecule has 0 amide bonds. The first-order valence-corrected chi connectivity index (χ1v) is 9.31. The van der Waals surface area contributed by atoms with Crippen molar-refractivity contribution in [1.29, 1.82) is 0 Å². The van der Waals surface area contributed by atoms with E-state index in [0.29, 0.717) is 6.07 Å². The van der Waals surface area contributed by atoms with Crippen LogP contribution in [0.2, 0.25) is 0 Å². The largest absolute Gasteiger partial charge is 0.208 e. The zero-order chi connectivity index (χ0) is 22.9. The lowest BCUT2D eigenvalue weighted by Crippen LogP contribution is -2.11. The standard InChI is InChI=1S/C24H9F8/c25-12-5-1-3-9-15(21(29)22(30)16(9)12)11-7-8-14(27)19(20(11)28)18-10-4-2-6-13(26)17(10)23(31)24(18)32/h1-7,15,18H. The van der Waals surface area contributed by atoms with Gasteiger partial charge in [-0.3, -0.25) is 0 Å². The molecule has 3 aromatic rings. The summed E-state index contributed by atoms with van der Waals surface area (Å²) in [6.45, 7) is 0. The number of hydrogen-bond donors (Lipinski definition) is 0. The van der Waals surface area contributed by atoms with Gasteiger partial charge in [0, 0.05) is 17.2 Å². The van der Waals surface area contributed by atoms with Crippen molar-refractivity contribution in [2.24, 2.45) is 0 Å². The maximum atomic E-state index is 15.6. The van der Waals surface area contributed by atoms with Crippen LogP contribution in [0.5, 0.6) is 0 Å². The van der Waals surface area contributed by atoms with Crippen molar-refractivity contribution in [3.05, 3.63) is 117 Å². The highest BCUT2D eigenvalue weighted by atomic mass is 19.2. The second-order valence-corrected chi connectivity index (χ2v) is 7.38. The van der Waals surface area contributed by atoms with Gasteiger partial charge in [0.15, 0.2) is 11.7 Å². The second kappa shape index (κ2) is 7.05. The number of fused-ring (bicyclic) bond motifs is 2. The lowest BCUT2D eigenvalue weighted by Gasteiger charge is -2.19. The summed E-state index contributed by atoms with van der Waals surface area (Å²) in [4.78, 5) is 0. The monoisotopic (exact) mass is 449 g/mol.